The molecule has 0 aromatic heterocycles. The van der Waals surface area contributed by atoms with Crippen LogP contribution >= 0.6 is 0 Å². The van der Waals surface area contributed by atoms with Gasteiger partial charge in [-0.2, -0.15) is 0 Å². The van der Waals surface area contributed by atoms with Gasteiger partial charge in [-0.15, -0.1) is 6.42 Å². The summed E-state index contributed by atoms with van der Waals surface area (Å²) in [6.07, 6.45) is 5.45. The van der Waals surface area contributed by atoms with Crippen molar-refractivity contribution in [1.29, 1.82) is 0 Å². The fourth-order valence-electron chi connectivity index (χ4n) is 1.29. The molecule has 14 heavy (non-hydrogen) atoms. The molecule has 1 heteroatoms. The van der Waals surface area contributed by atoms with Crippen molar-refractivity contribution in [1.82, 2.24) is 0 Å². The minimum atomic E-state index is -0.209. The fraction of sp³-hybridized carbons (Fsp3) is 0.385. The highest BCUT2D eigenvalue weighted by molar-refractivity contribution is 5.25. The standard InChI is InChI=1S/C13H15F/c1-5-13(3,4)10(2)11-6-8-12(14)9-7-11/h1,6-10H,2-4H3. The SMILES string of the molecule is C#CC(C)(C)C(C)c1ccc(F)cc1. The number of hydrogen-bond donors (Lipinski definition) is 0. The highest BCUT2D eigenvalue weighted by Gasteiger charge is 2.24. The summed E-state index contributed by atoms with van der Waals surface area (Å²) in [5.41, 5.74) is 0.882. The van der Waals surface area contributed by atoms with Crippen LogP contribution in [0.3, 0.4) is 0 Å². The van der Waals surface area contributed by atoms with E-state index < -0.39 is 0 Å². The van der Waals surface area contributed by atoms with E-state index >= 15 is 0 Å². The van der Waals surface area contributed by atoms with Crippen molar-refractivity contribution in [3.63, 3.8) is 0 Å². The molecular formula is C13H15F. The van der Waals surface area contributed by atoms with E-state index in [1.54, 1.807) is 12.1 Å². The first kappa shape index (κ1) is 10.8. The summed E-state index contributed by atoms with van der Waals surface area (Å²) in [4.78, 5) is 0. The molecule has 0 saturated carbocycles. The number of terminal acetylenes is 1. The summed E-state index contributed by atoms with van der Waals surface area (Å²) in [6.45, 7) is 6.09. The Labute approximate surface area is 85.2 Å². The quantitative estimate of drug-likeness (QED) is 0.625. The van der Waals surface area contributed by atoms with Crippen molar-refractivity contribution in [3.05, 3.63) is 35.6 Å². The Kier molecular flexibility index (Phi) is 2.96. The molecule has 0 radical (unpaired) electrons. The smallest absolute Gasteiger partial charge is 0.123 e. The van der Waals surface area contributed by atoms with Crippen molar-refractivity contribution in [3.8, 4) is 12.3 Å². The minimum absolute atomic E-state index is 0.197. The van der Waals surface area contributed by atoms with Crippen LogP contribution in [-0.4, -0.2) is 0 Å². The van der Waals surface area contributed by atoms with Gasteiger partial charge >= 0.3 is 0 Å². The third-order valence-corrected chi connectivity index (χ3v) is 2.82. The van der Waals surface area contributed by atoms with Gasteiger partial charge in [0, 0.05) is 5.41 Å². The topological polar surface area (TPSA) is 0 Å². The Morgan fingerprint density at radius 3 is 2.21 bits per heavy atom. The maximum Gasteiger partial charge on any atom is 0.123 e. The lowest BCUT2D eigenvalue weighted by molar-refractivity contribution is 0.414. The normalized spacial score (nSPS) is 13.4. The molecule has 1 aromatic carbocycles. The summed E-state index contributed by atoms with van der Waals surface area (Å²) in [6, 6.07) is 6.52. The molecule has 0 amide bonds. The van der Waals surface area contributed by atoms with Crippen LogP contribution in [0.25, 0.3) is 0 Å². The molecule has 0 spiro atoms. The van der Waals surface area contributed by atoms with Crippen molar-refractivity contribution in [2.45, 2.75) is 26.7 Å². The summed E-state index contributed by atoms with van der Waals surface area (Å²) in [5, 5.41) is 0. The van der Waals surface area contributed by atoms with Crippen LogP contribution < -0.4 is 0 Å². The first-order valence-electron chi connectivity index (χ1n) is 4.70. The lowest BCUT2D eigenvalue weighted by Gasteiger charge is -2.26. The first-order valence-corrected chi connectivity index (χ1v) is 4.70. The summed E-state index contributed by atoms with van der Waals surface area (Å²) in [5.74, 6) is 2.78. The monoisotopic (exact) mass is 190 g/mol. The van der Waals surface area contributed by atoms with Gasteiger partial charge in [-0.1, -0.05) is 25.0 Å². The number of halogens is 1. The molecule has 0 aliphatic heterocycles. The van der Waals surface area contributed by atoms with Gasteiger partial charge < -0.3 is 0 Å². The van der Waals surface area contributed by atoms with E-state index in [2.05, 4.69) is 12.8 Å². The molecule has 0 heterocycles. The van der Waals surface area contributed by atoms with Gasteiger partial charge in [0.25, 0.3) is 0 Å². The zero-order valence-corrected chi connectivity index (χ0v) is 8.84. The second kappa shape index (κ2) is 3.84. The van der Waals surface area contributed by atoms with Crippen molar-refractivity contribution >= 4 is 0 Å². The predicted molar refractivity (Wildman–Crippen MR) is 57.4 cm³/mol. The molecule has 0 nitrogen and oxygen atoms in total. The molecule has 1 aromatic rings. The fourth-order valence-corrected chi connectivity index (χ4v) is 1.29. The van der Waals surface area contributed by atoms with Crippen molar-refractivity contribution in [2.24, 2.45) is 5.41 Å². The number of benzene rings is 1. The van der Waals surface area contributed by atoms with Crippen molar-refractivity contribution < 1.29 is 4.39 Å². The van der Waals surface area contributed by atoms with E-state index in [-0.39, 0.29) is 17.2 Å². The Morgan fingerprint density at radius 1 is 1.29 bits per heavy atom. The van der Waals surface area contributed by atoms with Gasteiger partial charge in [-0.3, -0.25) is 0 Å². The molecule has 0 aliphatic rings. The Balaban J connectivity index is 2.96. The highest BCUT2D eigenvalue weighted by atomic mass is 19.1. The van der Waals surface area contributed by atoms with Crippen LogP contribution in [0.4, 0.5) is 4.39 Å². The lowest BCUT2D eigenvalue weighted by Crippen LogP contribution is -2.17. The summed E-state index contributed by atoms with van der Waals surface area (Å²) >= 11 is 0. The van der Waals surface area contributed by atoms with Crippen LogP contribution in [0.15, 0.2) is 24.3 Å². The lowest BCUT2D eigenvalue weighted by atomic mass is 9.77. The summed E-state index contributed by atoms with van der Waals surface area (Å²) < 4.78 is 12.7. The number of hydrogen-bond acceptors (Lipinski definition) is 0. The van der Waals surface area contributed by atoms with Crippen LogP contribution in [0.2, 0.25) is 0 Å². The first-order chi connectivity index (χ1) is 6.47. The molecule has 1 rings (SSSR count). The summed E-state index contributed by atoms with van der Waals surface area (Å²) in [7, 11) is 0. The zero-order valence-electron chi connectivity index (χ0n) is 8.84. The maximum atomic E-state index is 12.7. The molecule has 0 saturated heterocycles. The van der Waals surface area contributed by atoms with Crippen molar-refractivity contribution in [2.75, 3.05) is 0 Å². The average molecular weight is 190 g/mol. The molecule has 0 aliphatic carbocycles. The predicted octanol–water partition coefficient (Wildman–Crippen LogP) is 3.59. The van der Waals surface area contributed by atoms with Crippen LogP contribution in [-0.2, 0) is 0 Å². The van der Waals surface area contributed by atoms with Gasteiger partial charge in [-0.25, -0.2) is 4.39 Å². The minimum Gasteiger partial charge on any atom is -0.207 e. The molecular weight excluding hydrogens is 175 g/mol. The Morgan fingerprint density at radius 2 is 1.79 bits per heavy atom. The van der Waals surface area contributed by atoms with E-state index in [1.165, 1.54) is 12.1 Å². The Hall–Kier alpha value is -1.29. The van der Waals surface area contributed by atoms with Gasteiger partial charge in [0.05, 0.1) is 0 Å². The second-order valence-electron chi connectivity index (χ2n) is 4.14. The largest absolute Gasteiger partial charge is 0.207 e. The van der Waals surface area contributed by atoms with Gasteiger partial charge in [0.2, 0.25) is 0 Å². The zero-order chi connectivity index (χ0) is 10.8. The molecule has 0 fully saturated rings. The van der Waals surface area contributed by atoms with E-state index in [4.69, 9.17) is 6.42 Å². The van der Waals surface area contributed by atoms with Crippen LogP contribution in [0, 0.1) is 23.6 Å². The van der Waals surface area contributed by atoms with E-state index in [1.807, 2.05) is 13.8 Å². The third-order valence-electron chi connectivity index (χ3n) is 2.82. The van der Waals surface area contributed by atoms with Crippen LogP contribution in [0.5, 0.6) is 0 Å². The molecule has 0 bridgehead atoms. The van der Waals surface area contributed by atoms with E-state index in [9.17, 15) is 4.39 Å². The molecule has 0 N–H and O–H groups in total. The second-order valence-corrected chi connectivity index (χ2v) is 4.14. The molecule has 1 unspecified atom stereocenters. The third kappa shape index (κ3) is 2.14. The van der Waals surface area contributed by atoms with Gasteiger partial charge in [-0.05, 0) is 37.5 Å². The average Bonchev–Trinajstić information content (AvgIpc) is 2.18. The number of rotatable bonds is 2. The highest BCUT2D eigenvalue weighted by Crippen LogP contribution is 2.34. The van der Waals surface area contributed by atoms with E-state index in [0.717, 1.165) is 5.56 Å². The molecule has 74 valence electrons. The maximum absolute atomic E-state index is 12.7. The van der Waals surface area contributed by atoms with E-state index in [0.29, 0.717) is 0 Å². The Bertz CT molecular complexity index is 340. The van der Waals surface area contributed by atoms with Crippen LogP contribution in [0.1, 0.15) is 32.3 Å². The van der Waals surface area contributed by atoms with Gasteiger partial charge in [0.1, 0.15) is 5.82 Å². The molecule has 1 atom stereocenters. The van der Waals surface area contributed by atoms with Gasteiger partial charge in [0.15, 0.2) is 0 Å².